The molecule has 0 radical (unpaired) electrons. The number of carbonyl (C=O) groups excluding carboxylic acids is 2. The van der Waals surface area contributed by atoms with Crippen molar-refractivity contribution >= 4 is 54.8 Å². The number of aromatic nitrogens is 1. The summed E-state index contributed by atoms with van der Waals surface area (Å²) in [6.45, 7) is 0. The van der Waals surface area contributed by atoms with Gasteiger partial charge in [0.1, 0.15) is 0 Å². The summed E-state index contributed by atoms with van der Waals surface area (Å²) in [5.41, 5.74) is 5.15. The Balaban J connectivity index is 1.63. The second-order valence-electron chi connectivity index (χ2n) is 5.38. The van der Waals surface area contributed by atoms with Crippen LogP contribution in [0.1, 0.15) is 20.0 Å². The van der Waals surface area contributed by atoms with Gasteiger partial charge in [-0.25, -0.2) is 8.42 Å². The number of anilines is 1. The number of hydrazine groups is 1. The molecule has 0 saturated carbocycles. The zero-order valence-electron chi connectivity index (χ0n) is 14.0. The van der Waals surface area contributed by atoms with Gasteiger partial charge in [-0.3, -0.25) is 30.1 Å². The van der Waals surface area contributed by atoms with Crippen molar-refractivity contribution in [2.24, 2.45) is 0 Å². The minimum Gasteiger partial charge on any atom is -0.280 e. The summed E-state index contributed by atoms with van der Waals surface area (Å²) in [6, 6.07) is 11.7. The molecule has 3 N–H and O–H groups in total. The summed E-state index contributed by atoms with van der Waals surface area (Å²) in [7, 11) is -3.80. The highest BCUT2D eigenvalue weighted by Crippen LogP contribution is 2.21. The standard InChI is InChI=1S/C17H13BrN4O4S2/c18-15-6-5-14(27-15)17(24)21-20-16(23)11-1-3-13(4-2-11)28(25,26)22-12-7-9-19-10-8-12/h1-10H,(H,19,22)(H,20,23)(H,21,24). The van der Waals surface area contributed by atoms with Gasteiger partial charge in [0.2, 0.25) is 0 Å². The van der Waals surface area contributed by atoms with E-state index >= 15 is 0 Å². The van der Waals surface area contributed by atoms with Gasteiger partial charge in [0, 0.05) is 18.0 Å². The highest BCUT2D eigenvalue weighted by atomic mass is 79.9. The molecule has 0 aliphatic rings. The van der Waals surface area contributed by atoms with E-state index in [1.807, 2.05) is 0 Å². The van der Waals surface area contributed by atoms with E-state index in [-0.39, 0.29) is 10.5 Å². The van der Waals surface area contributed by atoms with Crippen molar-refractivity contribution in [2.75, 3.05) is 4.72 Å². The molecule has 0 aliphatic carbocycles. The number of amides is 2. The fraction of sp³-hybridized carbons (Fsp3) is 0. The minimum absolute atomic E-state index is 0.00617. The molecule has 28 heavy (non-hydrogen) atoms. The average molecular weight is 481 g/mol. The fourth-order valence-corrected chi connectivity index (χ4v) is 4.44. The maximum Gasteiger partial charge on any atom is 0.279 e. The Kier molecular flexibility index (Phi) is 6.07. The van der Waals surface area contributed by atoms with Crippen LogP contribution >= 0.6 is 27.3 Å². The Morgan fingerprint density at radius 2 is 1.54 bits per heavy atom. The number of halogens is 1. The van der Waals surface area contributed by atoms with Gasteiger partial charge in [-0.2, -0.15) is 0 Å². The molecule has 0 saturated heterocycles. The summed E-state index contributed by atoms with van der Waals surface area (Å²) >= 11 is 4.48. The van der Waals surface area contributed by atoms with Crippen molar-refractivity contribution in [2.45, 2.75) is 4.90 Å². The van der Waals surface area contributed by atoms with E-state index in [4.69, 9.17) is 0 Å². The molecule has 0 atom stereocenters. The van der Waals surface area contributed by atoms with Crippen LogP contribution in [0.25, 0.3) is 0 Å². The largest absolute Gasteiger partial charge is 0.280 e. The first-order valence-electron chi connectivity index (χ1n) is 7.74. The van der Waals surface area contributed by atoms with Crippen molar-refractivity contribution in [1.82, 2.24) is 15.8 Å². The highest BCUT2D eigenvalue weighted by Gasteiger charge is 2.16. The fourth-order valence-electron chi connectivity index (χ4n) is 2.10. The third-order valence-corrected chi connectivity index (χ3v) is 6.47. The van der Waals surface area contributed by atoms with Crippen molar-refractivity contribution < 1.29 is 18.0 Å². The summed E-state index contributed by atoms with van der Waals surface area (Å²) in [4.78, 5) is 28.3. The van der Waals surface area contributed by atoms with Gasteiger partial charge in [0.05, 0.1) is 19.2 Å². The zero-order valence-corrected chi connectivity index (χ0v) is 17.3. The normalized spacial score (nSPS) is 10.9. The molecule has 2 aromatic heterocycles. The summed E-state index contributed by atoms with van der Waals surface area (Å²) in [5.74, 6) is -1.03. The van der Waals surface area contributed by atoms with Gasteiger partial charge < -0.3 is 0 Å². The van der Waals surface area contributed by atoms with E-state index in [0.717, 1.165) is 3.79 Å². The summed E-state index contributed by atoms with van der Waals surface area (Å²) < 4.78 is 27.9. The number of rotatable bonds is 5. The van der Waals surface area contributed by atoms with Gasteiger partial charge in [0.15, 0.2) is 0 Å². The van der Waals surface area contributed by atoms with E-state index in [1.54, 1.807) is 12.1 Å². The number of hydrogen-bond acceptors (Lipinski definition) is 6. The molecular formula is C17H13BrN4O4S2. The van der Waals surface area contributed by atoms with Gasteiger partial charge in [-0.1, -0.05) is 0 Å². The lowest BCUT2D eigenvalue weighted by atomic mass is 10.2. The van der Waals surface area contributed by atoms with Crippen LogP contribution in [0.15, 0.2) is 69.6 Å². The number of benzene rings is 1. The third kappa shape index (κ3) is 4.94. The Labute approximate surface area is 173 Å². The minimum atomic E-state index is -3.80. The van der Waals surface area contributed by atoms with Crippen molar-refractivity contribution in [3.63, 3.8) is 0 Å². The van der Waals surface area contributed by atoms with E-state index in [2.05, 4.69) is 36.5 Å². The van der Waals surface area contributed by atoms with Crippen LogP contribution < -0.4 is 15.6 Å². The Morgan fingerprint density at radius 3 is 2.14 bits per heavy atom. The number of hydrogen-bond donors (Lipinski definition) is 3. The predicted molar refractivity (Wildman–Crippen MR) is 108 cm³/mol. The molecule has 0 bridgehead atoms. The highest BCUT2D eigenvalue weighted by molar-refractivity contribution is 9.11. The molecule has 0 aliphatic heterocycles. The monoisotopic (exact) mass is 480 g/mol. The van der Waals surface area contributed by atoms with Crippen LogP contribution in [0.4, 0.5) is 5.69 Å². The zero-order chi connectivity index (χ0) is 20.1. The van der Waals surface area contributed by atoms with E-state index in [0.29, 0.717) is 10.6 Å². The van der Waals surface area contributed by atoms with E-state index in [1.165, 1.54) is 60.1 Å². The number of thiophene rings is 1. The van der Waals surface area contributed by atoms with E-state index < -0.39 is 21.8 Å². The number of sulfonamides is 1. The van der Waals surface area contributed by atoms with Crippen LogP contribution in [-0.2, 0) is 10.0 Å². The maximum absolute atomic E-state index is 12.4. The third-order valence-electron chi connectivity index (χ3n) is 3.45. The Hall–Kier alpha value is -2.76. The predicted octanol–water partition coefficient (Wildman–Crippen LogP) is 2.78. The van der Waals surface area contributed by atoms with Gasteiger partial charge in [0.25, 0.3) is 21.8 Å². The first kappa shape index (κ1) is 20.0. The van der Waals surface area contributed by atoms with Crippen LogP contribution in [0.3, 0.4) is 0 Å². The molecule has 8 nitrogen and oxygen atoms in total. The number of carbonyl (C=O) groups is 2. The average Bonchev–Trinajstić information content (AvgIpc) is 3.13. The quantitative estimate of drug-likeness (QED) is 0.485. The van der Waals surface area contributed by atoms with Gasteiger partial charge in [-0.05, 0) is 64.5 Å². The lowest BCUT2D eigenvalue weighted by molar-refractivity contribution is 0.0849. The van der Waals surface area contributed by atoms with Crippen LogP contribution in [-0.4, -0.2) is 25.2 Å². The topological polar surface area (TPSA) is 117 Å². The molecule has 3 aromatic rings. The first-order chi connectivity index (χ1) is 13.3. The molecule has 0 unspecified atom stereocenters. The molecule has 0 spiro atoms. The van der Waals surface area contributed by atoms with Crippen molar-refractivity contribution in [1.29, 1.82) is 0 Å². The molecular weight excluding hydrogens is 468 g/mol. The first-order valence-corrected chi connectivity index (χ1v) is 10.8. The van der Waals surface area contributed by atoms with Crippen molar-refractivity contribution in [3.8, 4) is 0 Å². The van der Waals surface area contributed by atoms with Gasteiger partial charge in [-0.15, -0.1) is 11.3 Å². The molecule has 2 amide bonds. The second-order valence-corrected chi connectivity index (χ2v) is 9.52. The van der Waals surface area contributed by atoms with Gasteiger partial charge >= 0.3 is 0 Å². The maximum atomic E-state index is 12.4. The van der Waals surface area contributed by atoms with Crippen LogP contribution in [0, 0.1) is 0 Å². The van der Waals surface area contributed by atoms with Crippen molar-refractivity contribution in [3.05, 3.63) is 75.2 Å². The molecule has 0 fully saturated rings. The lowest BCUT2D eigenvalue weighted by Gasteiger charge is -2.09. The molecule has 3 rings (SSSR count). The smallest absolute Gasteiger partial charge is 0.279 e. The molecule has 1 aromatic carbocycles. The molecule has 2 heterocycles. The van der Waals surface area contributed by atoms with Crippen LogP contribution in [0.2, 0.25) is 0 Å². The molecule has 11 heteroatoms. The number of nitrogens with zero attached hydrogens (tertiary/aromatic N) is 1. The van der Waals surface area contributed by atoms with Crippen LogP contribution in [0.5, 0.6) is 0 Å². The molecule has 144 valence electrons. The SMILES string of the molecule is O=C(NNC(=O)c1ccc(Br)s1)c1ccc(S(=O)(=O)Nc2ccncc2)cc1. The Morgan fingerprint density at radius 1 is 0.893 bits per heavy atom. The summed E-state index contributed by atoms with van der Waals surface area (Å²) in [6.07, 6.45) is 2.93. The van der Waals surface area contributed by atoms with E-state index in [9.17, 15) is 18.0 Å². The second kappa shape index (κ2) is 8.50. The lowest BCUT2D eigenvalue weighted by Crippen LogP contribution is -2.41. The number of pyridine rings is 1. The Bertz CT molecular complexity index is 1100. The number of nitrogens with one attached hydrogen (secondary N) is 3. The summed E-state index contributed by atoms with van der Waals surface area (Å²) in [5, 5.41) is 0.